The summed E-state index contributed by atoms with van der Waals surface area (Å²) in [6, 6.07) is -0.197. The zero-order valence-corrected chi connectivity index (χ0v) is 17.7. The number of aliphatic imine (C=N–C) groups is 1. The number of carbonyl (C=O) groups is 3. The van der Waals surface area contributed by atoms with Crippen LogP contribution in [0.15, 0.2) is 4.99 Å². The highest BCUT2D eigenvalue weighted by Gasteiger charge is 2.20. The quantitative estimate of drug-likeness (QED) is 0.312. The smallest absolute Gasteiger partial charge is 0.437 e. The summed E-state index contributed by atoms with van der Waals surface area (Å²) in [7, 11) is 3.65. The molecule has 0 saturated carbocycles. The molecule has 156 valence electrons. The fourth-order valence-corrected chi connectivity index (χ4v) is 1.85. The molecule has 0 heterocycles. The Hall–Kier alpha value is -2.16. The van der Waals surface area contributed by atoms with Gasteiger partial charge in [0, 0.05) is 6.54 Å². The molecule has 0 aromatic heterocycles. The highest BCUT2D eigenvalue weighted by atomic mass is 16.6. The lowest BCUT2D eigenvalue weighted by Gasteiger charge is -2.21. The van der Waals surface area contributed by atoms with E-state index in [1.54, 1.807) is 41.5 Å². The van der Waals surface area contributed by atoms with E-state index < -0.39 is 23.4 Å². The van der Waals surface area contributed by atoms with Crippen molar-refractivity contribution >= 4 is 24.4 Å². The molecule has 0 rings (SSSR count). The first-order chi connectivity index (χ1) is 12.2. The van der Waals surface area contributed by atoms with E-state index in [1.807, 2.05) is 19.0 Å². The Morgan fingerprint density at radius 2 is 1.63 bits per heavy atom. The monoisotopic (exact) mass is 386 g/mol. The maximum Gasteiger partial charge on any atom is 0.437 e. The summed E-state index contributed by atoms with van der Waals surface area (Å²) in [4.78, 5) is 40.5. The number of rotatable bonds is 6. The van der Waals surface area contributed by atoms with Gasteiger partial charge in [0.25, 0.3) is 0 Å². The van der Waals surface area contributed by atoms with Crippen molar-refractivity contribution in [2.75, 3.05) is 20.6 Å². The predicted octanol–water partition coefficient (Wildman–Crippen LogP) is 2.30. The van der Waals surface area contributed by atoms with Crippen molar-refractivity contribution < 1.29 is 23.9 Å². The van der Waals surface area contributed by atoms with E-state index in [4.69, 9.17) is 9.47 Å². The number of amides is 2. The number of guanidine groups is 1. The molecule has 0 aromatic carbocycles. The van der Waals surface area contributed by atoms with Gasteiger partial charge in [-0.2, -0.15) is 0 Å². The van der Waals surface area contributed by atoms with Gasteiger partial charge in [0.1, 0.15) is 17.5 Å². The predicted molar refractivity (Wildman–Crippen MR) is 104 cm³/mol. The van der Waals surface area contributed by atoms with Crippen molar-refractivity contribution in [1.82, 2.24) is 15.5 Å². The van der Waals surface area contributed by atoms with Crippen LogP contribution in [0.1, 0.15) is 54.4 Å². The molecule has 0 unspecified atom stereocenters. The molecular weight excluding hydrogens is 352 g/mol. The molecule has 2 N–H and O–H groups in total. The lowest BCUT2D eigenvalue weighted by molar-refractivity contribution is -0.111. The number of carbonyl (C=O) groups excluding carboxylic acids is 3. The van der Waals surface area contributed by atoms with Crippen molar-refractivity contribution in [2.24, 2.45) is 4.99 Å². The van der Waals surface area contributed by atoms with Crippen LogP contribution < -0.4 is 10.6 Å². The first-order valence-electron chi connectivity index (χ1n) is 8.91. The van der Waals surface area contributed by atoms with Crippen molar-refractivity contribution in [1.29, 1.82) is 0 Å². The Kier molecular flexibility index (Phi) is 9.99. The summed E-state index contributed by atoms with van der Waals surface area (Å²) in [6.07, 6.45) is 0.561. The van der Waals surface area contributed by atoms with E-state index in [-0.39, 0.29) is 12.0 Å². The molecular formula is C18H34N4O5. The summed E-state index contributed by atoms with van der Waals surface area (Å²) >= 11 is 0. The molecule has 0 radical (unpaired) electrons. The zero-order chi connectivity index (χ0) is 21.3. The molecule has 0 bridgehead atoms. The molecule has 1 atom stereocenters. The molecule has 9 heteroatoms. The minimum Gasteiger partial charge on any atom is -0.444 e. The second-order valence-electron chi connectivity index (χ2n) is 8.30. The zero-order valence-electron chi connectivity index (χ0n) is 17.7. The van der Waals surface area contributed by atoms with Gasteiger partial charge in [-0.15, -0.1) is 4.99 Å². The van der Waals surface area contributed by atoms with Gasteiger partial charge in [-0.3, -0.25) is 10.2 Å². The largest absolute Gasteiger partial charge is 0.444 e. The highest BCUT2D eigenvalue weighted by molar-refractivity contribution is 5.98. The first kappa shape index (κ1) is 24.8. The van der Waals surface area contributed by atoms with Gasteiger partial charge in [0.2, 0.25) is 5.96 Å². The maximum absolute atomic E-state index is 12.0. The van der Waals surface area contributed by atoms with Gasteiger partial charge in [-0.05, 0) is 68.5 Å². The van der Waals surface area contributed by atoms with Crippen LogP contribution >= 0.6 is 0 Å². The van der Waals surface area contributed by atoms with Gasteiger partial charge in [-0.25, -0.2) is 9.59 Å². The highest BCUT2D eigenvalue weighted by Crippen LogP contribution is 2.08. The Bertz CT molecular complexity index is 533. The minimum atomic E-state index is -0.833. The van der Waals surface area contributed by atoms with Gasteiger partial charge < -0.3 is 19.6 Å². The Labute approximate surface area is 161 Å². The van der Waals surface area contributed by atoms with E-state index in [0.29, 0.717) is 19.4 Å². The second-order valence-corrected chi connectivity index (χ2v) is 8.30. The normalized spacial score (nSPS) is 13.7. The van der Waals surface area contributed by atoms with E-state index in [0.717, 1.165) is 6.29 Å². The lowest BCUT2D eigenvalue weighted by Crippen LogP contribution is -2.44. The Morgan fingerprint density at radius 3 is 2.07 bits per heavy atom. The summed E-state index contributed by atoms with van der Waals surface area (Å²) in [5.74, 6) is -0.0639. The third-order valence-electron chi connectivity index (χ3n) is 3.01. The number of nitrogens with one attached hydrogen (secondary N) is 2. The molecule has 0 aliphatic heterocycles. The van der Waals surface area contributed by atoms with Crippen LogP contribution in [0.3, 0.4) is 0 Å². The molecule has 0 spiro atoms. The number of ether oxygens (including phenoxy) is 2. The molecule has 9 nitrogen and oxygen atoms in total. The van der Waals surface area contributed by atoms with Crippen LogP contribution in [-0.2, 0) is 14.3 Å². The lowest BCUT2D eigenvalue weighted by atomic mass is 10.1. The van der Waals surface area contributed by atoms with Gasteiger partial charge in [0.05, 0.1) is 6.04 Å². The summed E-state index contributed by atoms with van der Waals surface area (Å²) in [6.45, 7) is 10.7. The number of likely N-dealkylation sites (N-methyl/N-ethyl adjacent to an activating group) is 1. The van der Waals surface area contributed by atoms with E-state index in [9.17, 15) is 14.4 Å². The van der Waals surface area contributed by atoms with Crippen molar-refractivity contribution in [3.63, 3.8) is 0 Å². The summed E-state index contributed by atoms with van der Waals surface area (Å²) < 4.78 is 10.3. The third kappa shape index (κ3) is 13.7. The number of nitrogens with zero attached hydrogens (tertiary/aromatic N) is 2. The molecule has 0 aromatic rings. The van der Waals surface area contributed by atoms with Gasteiger partial charge in [-0.1, -0.05) is 0 Å². The average Bonchev–Trinajstić information content (AvgIpc) is 2.42. The standard InChI is InChI=1S/C18H34N4O5/c1-17(2,3)26-15(24)20-14(21-16(25)27-18(4,5)6)19-11-9-10-13(12-23)22(7)8/h12-13H,9-11H2,1-8H3,(H2,19,20,21,24,25)/t13-/m0/s1. The van der Waals surface area contributed by atoms with Crippen molar-refractivity contribution in [3.05, 3.63) is 0 Å². The van der Waals surface area contributed by atoms with Crippen LogP contribution in [0.25, 0.3) is 0 Å². The third-order valence-corrected chi connectivity index (χ3v) is 3.01. The molecule has 0 aliphatic rings. The van der Waals surface area contributed by atoms with Crippen LogP contribution in [-0.4, -0.2) is 67.2 Å². The van der Waals surface area contributed by atoms with Crippen molar-refractivity contribution in [3.8, 4) is 0 Å². The minimum absolute atomic E-state index is 0.0639. The summed E-state index contributed by atoms with van der Waals surface area (Å²) in [5, 5.41) is 5.29. The molecule has 0 saturated heterocycles. The van der Waals surface area contributed by atoms with E-state index >= 15 is 0 Å². The fraction of sp³-hybridized carbons (Fsp3) is 0.778. The van der Waals surface area contributed by atoms with Crippen LogP contribution in [0, 0.1) is 0 Å². The number of aldehydes is 1. The Morgan fingerprint density at radius 1 is 1.07 bits per heavy atom. The number of hydrogen-bond donors (Lipinski definition) is 2. The van der Waals surface area contributed by atoms with Gasteiger partial charge in [0.15, 0.2) is 0 Å². The number of alkyl carbamates (subject to hydrolysis) is 1. The van der Waals surface area contributed by atoms with Crippen LogP contribution in [0.5, 0.6) is 0 Å². The maximum atomic E-state index is 12.0. The summed E-state index contributed by atoms with van der Waals surface area (Å²) in [5.41, 5.74) is -1.40. The van der Waals surface area contributed by atoms with Gasteiger partial charge >= 0.3 is 12.2 Å². The topological polar surface area (TPSA) is 109 Å². The molecule has 27 heavy (non-hydrogen) atoms. The molecule has 0 aliphatic carbocycles. The fourth-order valence-electron chi connectivity index (χ4n) is 1.85. The number of hydrogen-bond acceptors (Lipinski definition) is 6. The van der Waals surface area contributed by atoms with E-state index in [1.165, 1.54) is 0 Å². The van der Waals surface area contributed by atoms with Crippen LogP contribution in [0.2, 0.25) is 0 Å². The van der Waals surface area contributed by atoms with Crippen molar-refractivity contribution in [2.45, 2.75) is 71.6 Å². The molecule has 0 fully saturated rings. The molecule has 2 amide bonds. The average molecular weight is 386 g/mol. The van der Waals surface area contributed by atoms with Crippen LogP contribution in [0.4, 0.5) is 9.59 Å². The second kappa shape index (κ2) is 10.9. The SMILES string of the molecule is CN(C)[C@H](C=O)CCCN/C(=N/C(=O)OC(C)(C)C)NC(=O)OC(C)(C)C. The first-order valence-corrected chi connectivity index (χ1v) is 8.91. The Balaban J connectivity index is 4.90. The van der Waals surface area contributed by atoms with E-state index in [2.05, 4.69) is 15.6 Å².